The molecule has 2 unspecified atom stereocenters. The largest absolute Gasteiger partial charge is 0.293 e. The van der Waals surface area contributed by atoms with Gasteiger partial charge in [-0.15, -0.1) is 0 Å². The van der Waals surface area contributed by atoms with Crippen molar-refractivity contribution in [2.75, 3.05) is 5.75 Å². The Hall–Kier alpha value is -1.10. The van der Waals surface area contributed by atoms with E-state index in [-0.39, 0.29) is 16.6 Å². The van der Waals surface area contributed by atoms with Gasteiger partial charge in [-0.1, -0.05) is 13.8 Å². The van der Waals surface area contributed by atoms with Crippen molar-refractivity contribution in [3.05, 3.63) is 35.4 Å². The Morgan fingerprint density at radius 2 is 2.00 bits per heavy atom. The number of benzene rings is 1. The summed E-state index contributed by atoms with van der Waals surface area (Å²) in [5.74, 6) is -2.64. The summed E-state index contributed by atoms with van der Waals surface area (Å²) in [6, 6.07) is 2.94. The Morgan fingerprint density at radius 3 is 2.53 bits per heavy atom. The first-order valence-electron chi connectivity index (χ1n) is 5.31. The van der Waals surface area contributed by atoms with E-state index in [4.69, 9.17) is 0 Å². The first-order valence-corrected chi connectivity index (χ1v) is 6.69. The molecule has 1 rings (SSSR count). The SMILES string of the molecule is CCC(C)S(=O)CC(=O)c1ccc(F)c(F)c1. The molecule has 0 N–H and O–H groups in total. The summed E-state index contributed by atoms with van der Waals surface area (Å²) < 4.78 is 37.2. The van der Waals surface area contributed by atoms with Crippen molar-refractivity contribution in [3.8, 4) is 0 Å². The number of carbonyl (C=O) groups is 1. The Labute approximate surface area is 101 Å². The predicted molar refractivity (Wildman–Crippen MR) is 63.5 cm³/mol. The third-order valence-corrected chi connectivity index (χ3v) is 4.32. The summed E-state index contributed by atoms with van der Waals surface area (Å²) in [5.41, 5.74) is 0.0561. The van der Waals surface area contributed by atoms with Gasteiger partial charge in [-0.25, -0.2) is 8.78 Å². The second-order valence-electron chi connectivity index (χ2n) is 3.80. The molecule has 0 aliphatic carbocycles. The molecular weight excluding hydrogens is 246 g/mol. The molecule has 1 aromatic rings. The van der Waals surface area contributed by atoms with Crippen LogP contribution in [-0.2, 0) is 10.8 Å². The standard InChI is InChI=1S/C12H14F2O2S/c1-3-8(2)17(16)7-12(15)9-4-5-10(13)11(14)6-9/h4-6,8H,3,7H2,1-2H3. The molecule has 2 atom stereocenters. The Morgan fingerprint density at radius 1 is 1.35 bits per heavy atom. The minimum absolute atomic E-state index is 0.0561. The molecule has 2 nitrogen and oxygen atoms in total. The van der Waals surface area contributed by atoms with Gasteiger partial charge in [0.2, 0.25) is 0 Å². The average Bonchev–Trinajstić information content (AvgIpc) is 2.31. The van der Waals surface area contributed by atoms with Crippen LogP contribution >= 0.6 is 0 Å². The highest BCUT2D eigenvalue weighted by Gasteiger charge is 2.16. The molecule has 1 aromatic carbocycles. The van der Waals surface area contributed by atoms with E-state index in [1.807, 2.05) is 6.92 Å². The zero-order valence-corrected chi connectivity index (χ0v) is 10.5. The fourth-order valence-electron chi connectivity index (χ4n) is 1.21. The van der Waals surface area contributed by atoms with Crippen LogP contribution in [0.25, 0.3) is 0 Å². The lowest BCUT2D eigenvalue weighted by molar-refractivity contribution is 0.102. The quantitative estimate of drug-likeness (QED) is 0.763. The zero-order chi connectivity index (χ0) is 13.0. The van der Waals surface area contributed by atoms with Crippen LogP contribution in [0.4, 0.5) is 8.78 Å². The topological polar surface area (TPSA) is 34.1 Å². The Kier molecular flexibility index (Phi) is 4.93. The molecule has 0 heterocycles. The van der Waals surface area contributed by atoms with E-state index in [2.05, 4.69) is 0 Å². The van der Waals surface area contributed by atoms with Gasteiger partial charge in [0.25, 0.3) is 0 Å². The summed E-state index contributed by atoms with van der Waals surface area (Å²) in [5, 5.41) is -0.0794. The summed E-state index contributed by atoms with van der Waals surface area (Å²) >= 11 is 0. The molecule has 94 valence electrons. The fraction of sp³-hybridized carbons (Fsp3) is 0.417. The normalized spacial score (nSPS) is 14.4. The van der Waals surface area contributed by atoms with Gasteiger partial charge in [0.05, 0.1) is 5.75 Å². The Bertz CT molecular complexity index is 446. The fourth-order valence-corrected chi connectivity index (χ4v) is 2.29. The molecule has 0 aliphatic heterocycles. The van der Waals surface area contributed by atoms with Crippen molar-refractivity contribution in [1.82, 2.24) is 0 Å². The van der Waals surface area contributed by atoms with Crippen molar-refractivity contribution in [1.29, 1.82) is 0 Å². The molecule has 0 spiro atoms. The van der Waals surface area contributed by atoms with Crippen molar-refractivity contribution in [2.24, 2.45) is 0 Å². The number of carbonyl (C=O) groups excluding carboxylic acids is 1. The summed E-state index contributed by atoms with van der Waals surface area (Å²) in [6.07, 6.45) is 0.706. The van der Waals surface area contributed by atoms with Crippen molar-refractivity contribution < 1.29 is 17.8 Å². The highest BCUT2D eigenvalue weighted by molar-refractivity contribution is 7.86. The van der Waals surface area contributed by atoms with E-state index in [0.717, 1.165) is 12.1 Å². The maximum Gasteiger partial charge on any atom is 0.175 e. The van der Waals surface area contributed by atoms with E-state index in [9.17, 15) is 17.8 Å². The van der Waals surface area contributed by atoms with Crippen LogP contribution in [0.2, 0.25) is 0 Å². The second-order valence-corrected chi connectivity index (χ2v) is 5.65. The van der Waals surface area contributed by atoms with Gasteiger partial charge in [-0.2, -0.15) is 0 Å². The summed E-state index contributed by atoms with van der Waals surface area (Å²) in [4.78, 5) is 11.7. The minimum Gasteiger partial charge on any atom is -0.293 e. The number of rotatable bonds is 5. The molecule has 5 heteroatoms. The average molecular weight is 260 g/mol. The number of hydrogen-bond donors (Lipinski definition) is 0. The van der Waals surface area contributed by atoms with Crippen LogP contribution in [0, 0.1) is 11.6 Å². The first kappa shape index (κ1) is 14.0. The molecule has 0 bridgehead atoms. The molecular formula is C12H14F2O2S. The van der Waals surface area contributed by atoms with Crippen molar-refractivity contribution in [3.63, 3.8) is 0 Å². The predicted octanol–water partition coefficient (Wildman–Crippen LogP) is 2.69. The molecule has 17 heavy (non-hydrogen) atoms. The molecule has 0 saturated heterocycles. The van der Waals surface area contributed by atoms with E-state index in [1.54, 1.807) is 6.92 Å². The van der Waals surface area contributed by atoms with Crippen LogP contribution < -0.4 is 0 Å². The van der Waals surface area contributed by atoms with Gasteiger partial charge in [-0.05, 0) is 24.6 Å². The van der Waals surface area contributed by atoms with Crippen molar-refractivity contribution >= 4 is 16.6 Å². The van der Waals surface area contributed by atoms with Crippen LogP contribution in [-0.4, -0.2) is 21.0 Å². The number of Topliss-reactive ketones (excluding diaryl/α,β-unsaturated/α-hetero) is 1. The van der Waals surface area contributed by atoms with Crippen LogP contribution in [0.1, 0.15) is 30.6 Å². The molecule has 0 amide bonds. The van der Waals surface area contributed by atoms with E-state index < -0.39 is 28.2 Å². The molecule has 0 saturated carbocycles. The van der Waals surface area contributed by atoms with Crippen LogP contribution in [0.15, 0.2) is 18.2 Å². The smallest absolute Gasteiger partial charge is 0.175 e. The first-order chi connectivity index (χ1) is 7.95. The number of hydrogen-bond acceptors (Lipinski definition) is 2. The lowest BCUT2D eigenvalue weighted by Gasteiger charge is -2.07. The second kappa shape index (κ2) is 6.00. The monoisotopic (exact) mass is 260 g/mol. The zero-order valence-electron chi connectivity index (χ0n) is 9.70. The third-order valence-electron chi connectivity index (χ3n) is 2.54. The number of halogens is 2. The Balaban J connectivity index is 2.77. The van der Waals surface area contributed by atoms with E-state index in [1.165, 1.54) is 6.07 Å². The highest BCUT2D eigenvalue weighted by Crippen LogP contribution is 2.11. The summed E-state index contributed by atoms with van der Waals surface area (Å²) in [6.45, 7) is 3.67. The number of ketones is 1. The van der Waals surface area contributed by atoms with Gasteiger partial charge in [0, 0.05) is 21.6 Å². The lowest BCUT2D eigenvalue weighted by atomic mass is 10.1. The minimum atomic E-state index is -1.27. The van der Waals surface area contributed by atoms with E-state index in [0.29, 0.717) is 6.42 Å². The van der Waals surface area contributed by atoms with Gasteiger partial charge >= 0.3 is 0 Å². The maximum absolute atomic E-state index is 12.9. The van der Waals surface area contributed by atoms with Crippen LogP contribution in [0.3, 0.4) is 0 Å². The van der Waals surface area contributed by atoms with Gasteiger partial charge in [-0.3, -0.25) is 9.00 Å². The summed E-state index contributed by atoms with van der Waals surface area (Å²) in [7, 11) is -1.27. The lowest BCUT2D eigenvalue weighted by Crippen LogP contribution is -2.19. The van der Waals surface area contributed by atoms with Gasteiger partial charge in [0.15, 0.2) is 17.4 Å². The van der Waals surface area contributed by atoms with Crippen molar-refractivity contribution in [2.45, 2.75) is 25.5 Å². The maximum atomic E-state index is 12.9. The van der Waals surface area contributed by atoms with E-state index >= 15 is 0 Å². The van der Waals surface area contributed by atoms with Gasteiger partial charge < -0.3 is 0 Å². The highest BCUT2D eigenvalue weighted by atomic mass is 32.2. The molecule has 0 aliphatic rings. The molecule has 0 radical (unpaired) electrons. The molecule has 0 fully saturated rings. The van der Waals surface area contributed by atoms with Crippen LogP contribution in [0.5, 0.6) is 0 Å². The third kappa shape index (κ3) is 3.70. The van der Waals surface area contributed by atoms with Gasteiger partial charge in [0.1, 0.15) is 0 Å². The molecule has 0 aromatic heterocycles.